The quantitative estimate of drug-likeness (QED) is 0.780. The molecule has 4 rings (SSSR count). The number of aliphatic hydroxyl groups excluding tert-OH is 1. The van der Waals surface area contributed by atoms with Gasteiger partial charge in [-0.1, -0.05) is 36.4 Å². The second-order valence-corrected chi connectivity index (χ2v) is 8.24. The number of hydrogen-bond acceptors (Lipinski definition) is 3. The second kappa shape index (κ2) is 8.90. The summed E-state index contributed by atoms with van der Waals surface area (Å²) in [6.07, 6.45) is 7.87. The zero-order chi connectivity index (χ0) is 18.5. The Labute approximate surface area is 163 Å². The fraction of sp³-hybridized carbons (Fsp3) is 0.500. The standard InChI is InChI=1S/C24H31NO2/c26-18-21-7-5-19(6-8-21)15-22-13-14-25(17-22)16-20-9-11-24(12-10-20)27-23-3-1-2-4-23/h5-12,22-23,26H,1-4,13-18H2. The first kappa shape index (κ1) is 18.5. The SMILES string of the molecule is OCc1ccc(CC2CCN(Cc3ccc(OC4CCCC4)cc3)C2)cc1. The fourth-order valence-electron chi connectivity index (χ4n) is 4.47. The Morgan fingerprint density at radius 3 is 2.22 bits per heavy atom. The molecule has 1 saturated heterocycles. The molecule has 0 amide bonds. The van der Waals surface area contributed by atoms with Gasteiger partial charge in [-0.15, -0.1) is 0 Å². The molecule has 1 N–H and O–H groups in total. The van der Waals surface area contributed by atoms with Crippen molar-refractivity contribution in [2.24, 2.45) is 5.92 Å². The average Bonchev–Trinajstić information content (AvgIpc) is 3.36. The molecule has 2 fully saturated rings. The first-order valence-electron chi connectivity index (χ1n) is 10.4. The first-order chi connectivity index (χ1) is 13.3. The van der Waals surface area contributed by atoms with Crippen molar-refractivity contribution in [1.29, 1.82) is 0 Å². The van der Waals surface area contributed by atoms with Gasteiger partial charge in [0.25, 0.3) is 0 Å². The van der Waals surface area contributed by atoms with Crippen LogP contribution in [-0.4, -0.2) is 29.2 Å². The number of benzene rings is 2. The Hall–Kier alpha value is -1.84. The molecule has 1 unspecified atom stereocenters. The van der Waals surface area contributed by atoms with E-state index in [1.807, 2.05) is 12.1 Å². The molecule has 27 heavy (non-hydrogen) atoms. The molecular formula is C24H31NO2. The molecule has 1 saturated carbocycles. The van der Waals surface area contributed by atoms with E-state index in [-0.39, 0.29) is 6.61 Å². The van der Waals surface area contributed by atoms with Crippen LogP contribution < -0.4 is 4.74 Å². The predicted octanol–water partition coefficient (Wildman–Crippen LogP) is 4.56. The first-order valence-corrected chi connectivity index (χ1v) is 10.4. The molecule has 0 aromatic heterocycles. The molecule has 1 atom stereocenters. The largest absolute Gasteiger partial charge is 0.490 e. The van der Waals surface area contributed by atoms with Gasteiger partial charge in [-0.05, 0) is 79.8 Å². The summed E-state index contributed by atoms with van der Waals surface area (Å²) in [7, 11) is 0. The van der Waals surface area contributed by atoms with Crippen molar-refractivity contribution in [2.45, 2.75) is 57.8 Å². The lowest BCUT2D eigenvalue weighted by Gasteiger charge is -2.17. The van der Waals surface area contributed by atoms with E-state index in [2.05, 4.69) is 41.3 Å². The highest BCUT2D eigenvalue weighted by Crippen LogP contribution is 2.26. The van der Waals surface area contributed by atoms with Gasteiger partial charge in [0.1, 0.15) is 5.75 Å². The van der Waals surface area contributed by atoms with Gasteiger partial charge in [0.05, 0.1) is 12.7 Å². The van der Waals surface area contributed by atoms with Crippen LogP contribution in [0.15, 0.2) is 48.5 Å². The molecule has 1 aliphatic carbocycles. The van der Waals surface area contributed by atoms with E-state index in [1.165, 1.54) is 56.3 Å². The molecule has 1 heterocycles. The molecule has 0 bridgehead atoms. The van der Waals surface area contributed by atoms with Gasteiger partial charge in [0, 0.05) is 13.1 Å². The maximum absolute atomic E-state index is 9.16. The van der Waals surface area contributed by atoms with Gasteiger partial charge in [-0.3, -0.25) is 4.90 Å². The molecule has 0 spiro atoms. The van der Waals surface area contributed by atoms with Crippen LogP contribution in [0.3, 0.4) is 0 Å². The van der Waals surface area contributed by atoms with Crippen LogP contribution in [0.1, 0.15) is 48.8 Å². The smallest absolute Gasteiger partial charge is 0.119 e. The highest BCUT2D eigenvalue weighted by atomic mass is 16.5. The van der Waals surface area contributed by atoms with E-state index < -0.39 is 0 Å². The van der Waals surface area contributed by atoms with Crippen molar-refractivity contribution in [1.82, 2.24) is 4.90 Å². The van der Waals surface area contributed by atoms with Gasteiger partial charge in [0.15, 0.2) is 0 Å². The van der Waals surface area contributed by atoms with E-state index in [1.54, 1.807) is 0 Å². The van der Waals surface area contributed by atoms with Crippen molar-refractivity contribution < 1.29 is 9.84 Å². The Kier molecular flexibility index (Phi) is 6.10. The average molecular weight is 366 g/mol. The molecule has 2 aromatic rings. The Morgan fingerprint density at radius 2 is 1.52 bits per heavy atom. The zero-order valence-corrected chi connectivity index (χ0v) is 16.1. The van der Waals surface area contributed by atoms with Crippen LogP contribution >= 0.6 is 0 Å². The molecule has 144 valence electrons. The lowest BCUT2D eigenvalue weighted by molar-refractivity contribution is 0.210. The third kappa shape index (κ3) is 5.12. The Morgan fingerprint density at radius 1 is 0.852 bits per heavy atom. The van der Waals surface area contributed by atoms with Gasteiger partial charge in [-0.2, -0.15) is 0 Å². The number of nitrogens with zero attached hydrogens (tertiary/aromatic N) is 1. The minimum atomic E-state index is 0.127. The summed E-state index contributed by atoms with van der Waals surface area (Å²) >= 11 is 0. The topological polar surface area (TPSA) is 32.7 Å². The van der Waals surface area contributed by atoms with Crippen LogP contribution in [0.25, 0.3) is 0 Å². The number of rotatable bonds is 7. The minimum absolute atomic E-state index is 0.127. The maximum Gasteiger partial charge on any atom is 0.119 e. The maximum atomic E-state index is 9.16. The van der Waals surface area contributed by atoms with Crippen LogP contribution in [0, 0.1) is 5.92 Å². The van der Waals surface area contributed by atoms with E-state index in [0.717, 1.165) is 30.2 Å². The summed E-state index contributed by atoms with van der Waals surface area (Å²) in [5.41, 5.74) is 3.75. The molecule has 1 aliphatic heterocycles. The van der Waals surface area contributed by atoms with Crippen LogP contribution in [0.4, 0.5) is 0 Å². The number of likely N-dealkylation sites (tertiary alicyclic amines) is 1. The summed E-state index contributed by atoms with van der Waals surface area (Å²) < 4.78 is 6.07. The lowest BCUT2D eigenvalue weighted by Crippen LogP contribution is -2.20. The monoisotopic (exact) mass is 365 g/mol. The van der Waals surface area contributed by atoms with Crippen molar-refractivity contribution >= 4 is 0 Å². The van der Waals surface area contributed by atoms with Crippen LogP contribution in [-0.2, 0) is 19.6 Å². The second-order valence-electron chi connectivity index (χ2n) is 8.24. The van der Waals surface area contributed by atoms with E-state index >= 15 is 0 Å². The zero-order valence-electron chi connectivity index (χ0n) is 16.1. The highest BCUT2D eigenvalue weighted by molar-refractivity contribution is 5.28. The van der Waals surface area contributed by atoms with E-state index in [0.29, 0.717) is 6.10 Å². The fourth-order valence-corrected chi connectivity index (χ4v) is 4.47. The normalized spacial score (nSPS) is 21.0. The van der Waals surface area contributed by atoms with Crippen molar-refractivity contribution in [3.05, 3.63) is 65.2 Å². The summed E-state index contributed by atoms with van der Waals surface area (Å²) in [4.78, 5) is 2.57. The minimum Gasteiger partial charge on any atom is -0.490 e. The number of ether oxygens (including phenoxy) is 1. The van der Waals surface area contributed by atoms with Crippen molar-refractivity contribution in [3.63, 3.8) is 0 Å². The Balaban J connectivity index is 1.25. The molecule has 3 nitrogen and oxygen atoms in total. The van der Waals surface area contributed by atoms with Crippen molar-refractivity contribution in [2.75, 3.05) is 13.1 Å². The lowest BCUT2D eigenvalue weighted by atomic mass is 9.98. The molecule has 3 heteroatoms. The summed E-state index contributed by atoms with van der Waals surface area (Å²) in [6, 6.07) is 17.1. The van der Waals surface area contributed by atoms with Crippen LogP contribution in [0.5, 0.6) is 5.75 Å². The van der Waals surface area contributed by atoms with Gasteiger partial charge >= 0.3 is 0 Å². The number of aliphatic hydroxyl groups is 1. The van der Waals surface area contributed by atoms with E-state index in [4.69, 9.17) is 9.84 Å². The molecule has 2 aliphatic rings. The summed E-state index contributed by atoms with van der Waals surface area (Å²) in [5, 5.41) is 9.16. The number of hydrogen-bond donors (Lipinski definition) is 1. The molecular weight excluding hydrogens is 334 g/mol. The Bertz CT molecular complexity index is 704. The molecule has 2 aromatic carbocycles. The van der Waals surface area contributed by atoms with Gasteiger partial charge < -0.3 is 9.84 Å². The van der Waals surface area contributed by atoms with Gasteiger partial charge in [-0.25, -0.2) is 0 Å². The van der Waals surface area contributed by atoms with Gasteiger partial charge in [0.2, 0.25) is 0 Å². The third-order valence-electron chi connectivity index (χ3n) is 6.03. The predicted molar refractivity (Wildman–Crippen MR) is 109 cm³/mol. The summed E-state index contributed by atoms with van der Waals surface area (Å²) in [5.74, 6) is 1.76. The summed E-state index contributed by atoms with van der Waals surface area (Å²) in [6.45, 7) is 3.51. The molecule has 0 radical (unpaired) electrons. The van der Waals surface area contributed by atoms with E-state index in [9.17, 15) is 0 Å². The third-order valence-corrected chi connectivity index (χ3v) is 6.03. The highest BCUT2D eigenvalue weighted by Gasteiger charge is 2.22. The van der Waals surface area contributed by atoms with Crippen LogP contribution in [0.2, 0.25) is 0 Å². The van der Waals surface area contributed by atoms with Crippen molar-refractivity contribution in [3.8, 4) is 5.75 Å².